The fourth-order valence-electron chi connectivity index (χ4n) is 2.47. The van der Waals surface area contributed by atoms with Crippen LogP contribution in [0.1, 0.15) is 59.8 Å². The predicted octanol–water partition coefficient (Wildman–Crippen LogP) is 2.44. The van der Waals surface area contributed by atoms with Gasteiger partial charge in [0.25, 0.3) is 0 Å². The van der Waals surface area contributed by atoms with Crippen LogP contribution in [0.5, 0.6) is 0 Å². The van der Waals surface area contributed by atoms with Crippen molar-refractivity contribution in [1.29, 1.82) is 0 Å². The molecule has 1 saturated carbocycles. The Kier molecular flexibility index (Phi) is 4.99. The van der Waals surface area contributed by atoms with Gasteiger partial charge in [-0.15, -0.1) is 0 Å². The molecule has 0 radical (unpaired) electrons. The molecule has 0 aromatic rings. The van der Waals surface area contributed by atoms with Gasteiger partial charge in [0.2, 0.25) is 5.91 Å². The molecule has 0 aromatic heterocycles. The normalized spacial score (nSPS) is 22.5. The van der Waals surface area contributed by atoms with Crippen LogP contribution in [-0.2, 0) is 4.79 Å². The van der Waals surface area contributed by atoms with E-state index in [2.05, 4.69) is 33.0 Å². The number of nitrogens with two attached hydrogens (primary N) is 1. The molecule has 3 N–H and O–H groups in total. The van der Waals surface area contributed by atoms with Gasteiger partial charge in [-0.2, -0.15) is 0 Å². The van der Waals surface area contributed by atoms with E-state index in [9.17, 15) is 4.79 Å². The summed E-state index contributed by atoms with van der Waals surface area (Å²) in [5, 5.41) is 3.10. The monoisotopic (exact) mass is 240 g/mol. The van der Waals surface area contributed by atoms with Crippen molar-refractivity contribution >= 4 is 5.91 Å². The Morgan fingerprint density at radius 2 is 1.88 bits per heavy atom. The Morgan fingerprint density at radius 1 is 1.35 bits per heavy atom. The molecule has 17 heavy (non-hydrogen) atoms. The van der Waals surface area contributed by atoms with Gasteiger partial charge in [-0.1, -0.05) is 27.7 Å². The van der Waals surface area contributed by atoms with E-state index in [0.29, 0.717) is 17.4 Å². The van der Waals surface area contributed by atoms with Crippen molar-refractivity contribution in [2.45, 2.75) is 71.9 Å². The van der Waals surface area contributed by atoms with Gasteiger partial charge in [-0.3, -0.25) is 4.79 Å². The third kappa shape index (κ3) is 5.07. The maximum atomic E-state index is 11.9. The summed E-state index contributed by atoms with van der Waals surface area (Å²) in [5.41, 5.74) is 6.32. The highest BCUT2D eigenvalue weighted by Gasteiger charge is 2.28. The largest absolute Gasteiger partial charge is 0.352 e. The summed E-state index contributed by atoms with van der Waals surface area (Å²) >= 11 is 0. The molecule has 0 aromatic carbocycles. The molecule has 0 saturated heterocycles. The van der Waals surface area contributed by atoms with Crippen molar-refractivity contribution in [3.05, 3.63) is 0 Å². The summed E-state index contributed by atoms with van der Waals surface area (Å²) in [5.74, 6) is 0.504. The maximum Gasteiger partial charge on any atom is 0.237 e. The Hall–Kier alpha value is -0.570. The molecule has 3 heteroatoms. The predicted molar refractivity (Wildman–Crippen MR) is 71.6 cm³/mol. The lowest BCUT2D eigenvalue weighted by atomic mass is 9.75. The Morgan fingerprint density at radius 3 is 2.35 bits per heavy atom. The summed E-state index contributed by atoms with van der Waals surface area (Å²) in [7, 11) is 0. The van der Waals surface area contributed by atoms with Gasteiger partial charge in [-0.25, -0.2) is 0 Å². The molecule has 3 nitrogen and oxygen atoms in total. The molecule has 0 heterocycles. The van der Waals surface area contributed by atoms with Crippen LogP contribution in [0, 0.1) is 11.3 Å². The molecule has 0 aliphatic heterocycles. The summed E-state index contributed by atoms with van der Waals surface area (Å²) in [6.07, 6.45) is 5.33. The van der Waals surface area contributed by atoms with Crippen LogP contribution < -0.4 is 11.1 Å². The highest BCUT2D eigenvalue weighted by atomic mass is 16.2. The highest BCUT2D eigenvalue weighted by Crippen LogP contribution is 2.34. The van der Waals surface area contributed by atoms with Crippen LogP contribution in [0.3, 0.4) is 0 Å². The van der Waals surface area contributed by atoms with Crippen LogP contribution in [0.15, 0.2) is 0 Å². The number of hydrogen-bond acceptors (Lipinski definition) is 2. The zero-order valence-corrected chi connectivity index (χ0v) is 11.8. The van der Waals surface area contributed by atoms with Crippen LogP contribution in [0.25, 0.3) is 0 Å². The lowest BCUT2D eigenvalue weighted by Crippen LogP contribution is -2.47. The number of carbonyl (C=O) groups is 1. The minimum absolute atomic E-state index is 0.0309. The number of amides is 1. The topological polar surface area (TPSA) is 55.1 Å². The molecule has 0 spiro atoms. The van der Waals surface area contributed by atoms with E-state index in [0.717, 1.165) is 19.3 Å². The average molecular weight is 240 g/mol. The van der Waals surface area contributed by atoms with E-state index in [1.165, 1.54) is 12.8 Å². The lowest BCUT2D eigenvalue weighted by Gasteiger charge is -2.35. The zero-order chi connectivity index (χ0) is 13.1. The molecule has 100 valence electrons. The molecule has 1 atom stereocenters. The quantitative estimate of drug-likeness (QED) is 0.793. The number of nitrogens with one attached hydrogen (secondary N) is 1. The molecule has 1 fully saturated rings. The highest BCUT2D eigenvalue weighted by molar-refractivity contribution is 5.81. The first-order valence-corrected chi connectivity index (χ1v) is 6.86. The first-order valence-electron chi connectivity index (χ1n) is 6.86. The van der Waals surface area contributed by atoms with Crippen molar-refractivity contribution in [3.8, 4) is 0 Å². The molecular weight excluding hydrogens is 212 g/mol. The van der Waals surface area contributed by atoms with Crippen LogP contribution >= 0.6 is 0 Å². The van der Waals surface area contributed by atoms with Crippen LogP contribution in [0.4, 0.5) is 0 Å². The van der Waals surface area contributed by atoms with E-state index in [1.807, 2.05) is 0 Å². The minimum Gasteiger partial charge on any atom is -0.352 e. The van der Waals surface area contributed by atoms with Crippen molar-refractivity contribution in [2.75, 3.05) is 0 Å². The Labute approximate surface area is 106 Å². The van der Waals surface area contributed by atoms with Crippen molar-refractivity contribution < 1.29 is 4.79 Å². The van der Waals surface area contributed by atoms with Crippen molar-refractivity contribution in [3.63, 3.8) is 0 Å². The molecule has 0 bridgehead atoms. The molecular formula is C14H28N2O. The van der Waals surface area contributed by atoms with Gasteiger partial charge in [0.15, 0.2) is 0 Å². The third-order valence-electron chi connectivity index (χ3n) is 3.75. The first-order chi connectivity index (χ1) is 7.80. The van der Waals surface area contributed by atoms with Gasteiger partial charge >= 0.3 is 0 Å². The van der Waals surface area contributed by atoms with E-state index in [4.69, 9.17) is 5.73 Å². The minimum atomic E-state index is -0.343. The van der Waals surface area contributed by atoms with E-state index >= 15 is 0 Å². The van der Waals surface area contributed by atoms with E-state index in [1.54, 1.807) is 0 Å². The number of carbonyl (C=O) groups excluding carboxylic acids is 1. The van der Waals surface area contributed by atoms with Gasteiger partial charge < -0.3 is 11.1 Å². The smallest absolute Gasteiger partial charge is 0.237 e. The van der Waals surface area contributed by atoms with Gasteiger partial charge in [0.05, 0.1) is 6.04 Å². The molecule has 1 rings (SSSR count). The second kappa shape index (κ2) is 5.85. The maximum absolute atomic E-state index is 11.9. The second-order valence-corrected chi connectivity index (χ2v) is 6.68. The van der Waals surface area contributed by atoms with Crippen LogP contribution in [-0.4, -0.2) is 18.0 Å². The summed E-state index contributed by atoms with van der Waals surface area (Å²) in [6.45, 7) is 8.79. The zero-order valence-electron chi connectivity index (χ0n) is 11.8. The summed E-state index contributed by atoms with van der Waals surface area (Å²) in [4.78, 5) is 11.9. The number of rotatable bonds is 4. The third-order valence-corrected chi connectivity index (χ3v) is 3.75. The Balaban J connectivity index is 2.32. The number of hydrogen-bond donors (Lipinski definition) is 2. The summed E-state index contributed by atoms with van der Waals surface area (Å²) in [6, 6.07) is -0.00123. The van der Waals surface area contributed by atoms with Gasteiger partial charge in [0, 0.05) is 6.04 Å². The van der Waals surface area contributed by atoms with Gasteiger partial charge in [0.1, 0.15) is 0 Å². The SMILES string of the molecule is CC(C)C[C@H](N)C(=O)NC1CCC(C)(C)CC1. The second-order valence-electron chi connectivity index (χ2n) is 6.68. The first kappa shape index (κ1) is 14.5. The fourth-order valence-corrected chi connectivity index (χ4v) is 2.47. The van der Waals surface area contributed by atoms with E-state index in [-0.39, 0.29) is 11.9 Å². The van der Waals surface area contributed by atoms with Crippen molar-refractivity contribution in [1.82, 2.24) is 5.32 Å². The molecule has 1 amide bonds. The lowest BCUT2D eigenvalue weighted by molar-refractivity contribution is -0.123. The fraction of sp³-hybridized carbons (Fsp3) is 0.929. The standard InChI is InChI=1S/C14H28N2O/c1-10(2)9-12(15)13(17)16-11-5-7-14(3,4)8-6-11/h10-12H,5-9,15H2,1-4H3,(H,16,17)/t12-/m0/s1. The average Bonchev–Trinajstić information content (AvgIpc) is 2.20. The molecule has 0 unspecified atom stereocenters. The molecule has 1 aliphatic rings. The van der Waals surface area contributed by atoms with Crippen LogP contribution in [0.2, 0.25) is 0 Å². The van der Waals surface area contributed by atoms with E-state index < -0.39 is 0 Å². The summed E-state index contributed by atoms with van der Waals surface area (Å²) < 4.78 is 0. The van der Waals surface area contributed by atoms with Gasteiger partial charge in [-0.05, 0) is 43.4 Å². The Bertz CT molecular complexity index is 251. The van der Waals surface area contributed by atoms with Crippen molar-refractivity contribution in [2.24, 2.45) is 17.1 Å². The molecule has 1 aliphatic carbocycles.